The van der Waals surface area contributed by atoms with E-state index in [0.29, 0.717) is 23.0 Å². The number of hydrogen-bond donors (Lipinski definition) is 1. The molecule has 4 aliphatic carbocycles. The highest BCUT2D eigenvalue weighted by Crippen LogP contribution is 2.68. The molecule has 0 radical (unpaired) electrons. The minimum absolute atomic E-state index is 0.190. The molecule has 1 N–H and O–H groups in total. The third-order valence-electron chi connectivity index (χ3n) is 11.6. The van der Waals surface area contributed by atoms with E-state index >= 15 is 0 Å². The predicted molar refractivity (Wildman–Crippen MR) is 138 cm³/mol. The van der Waals surface area contributed by atoms with E-state index in [4.69, 9.17) is 0 Å². The number of carbonyl (C=O) groups is 1. The molecule has 3 saturated carbocycles. The van der Waals surface area contributed by atoms with Gasteiger partial charge < -0.3 is 5.11 Å². The summed E-state index contributed by atoms with van der Waals surface area (Å²) in [7, 11) is 0. The number of allylic oxidation sites excluding steroid dienone is 1. The molecule has 0 spiro atoms. The normalized spacial score (nSPS) is 42.2. The lowest BCUT2D eigenvalue weighted by Gasteiger charge is -2.59. The fourth-order valence-electron chi connectivity index (χ4n) is 9.95. The van der Waals surface area contributed by atoms with Gasteiger partial charge in [-0.2, -0.15) is 0 Å². The first-order valence-electron chi connectivity index (χ1n) is 14.8. The third-order valence-corrected chi connectivity index (χ3v) is 11.6. The highest BCUT2D eigenvalue weighted by molar-refractivity contribution is 5.94. The van der Waals surface area contributed by atoms with Crippen molar-refractivity contribution in [3.05, 3.63) is 11.6 Å². The van der Waals surface area contributed by atoms with Gasteiger partial charge in [0, 0.05) is 5.92 Å². The van der Waals surface area contributed by atoms with Crippen LogP contribution in [0, 0.1) is 46.3 Å². The molecule has 2 heteroatoms. The zero-order chi connectivity index (χ0) is 23.8. The highest BCUT2D eigenvalue weighted by atomic mass is 16.3. The smallest absolute Gasteiger partial charge is 0.159 e. The van der Waals surface area contributed by atoms with Crippen LogP contribution in [0.2, 0.25) is 0 Å². The van der Waals surface area contributed by atoms with Crippen molar-refractivity contribution in [2.24, 2.45) is 46.3 Å². The SMILES string of the molecule is CCCC(C)CCC(CC)C1CCC2C3C(=O)C=C4CC(O)CCC4(CC)C3CCC12CC. The molecule has 4 aliphatic rings. The minimum atomic E-state index is -0.241. The zero-order valence-corrected chi connectivity index (χ0v) is 22.4. The van der Waals surface area contributed by atoms with Gasteiger partial charge >= 0.3 is 0 Å². The van der Waals surface area contributed by atoms with Crippen LogP contribution in [0.3, 0.4) is 0 Å². The summed E-state index contributed by atoms with van der Waals surface area (Å²) in [5, 5.41) is 10.4. The lowest BCUT2D eigenvalue weighted by molar-refractivity contribution is -0.138. The lowest BCUT2D eigenvalue weighted by Crippen LogP contribution is -2.55. The maximum Gasteiger partial charge on any atom is 0.159 e. The van der Waals surface area contributed by atoms with Gasteiger partial charge in [-0.3, -0.25) is 4.79 Å². The van der Waals surface area contributed by atoms with Gasteiger partial charge in [0.1, 0.15) is 0 Å². The average Bonchev–Trinajstić information content (AvgIpc) is 3.19. The van der Waals surface area contributed by atoms with Gasteiger partial charge in [0.2, 0.25) is 0 Å². The molecule has 2 nitrogen and oxygen atoms in total. The molecule has 0 aromatic rings. The number of fused-ring (bicyclic) bond motifs is 5. The number of aliphatic hydroxyl groups excluding tert-OH is 1. The molecule has 0 heterocycles. The number of aliphatic hydroxyl groups is 1. The van der Waals surface area contributed by atoms with Crippen molar-refractivity contribution in [3.8, 4) is 0 Å². The van der Waals surface area contributed by atoms with E-state index in [1.807, 2.05) is 0 Å². The molecule has 0 saturated heterocycles. The van der Waals surface area contributed by atoms with Gasteiger partial charge in [0.25, 0.3) is 0 Å². The molecule has 0 aliphatic heterocycles. The Morgan fingerprint density at radius 1 is 0.970 bits per heavy atom. The van der Waals surface area contributed by atoms with Crippen molar-refractivity contribution in [3.63, 3.8) is 0 Å². The van der Waals surface area contributed by atoms with Crippen LogP contribution in [-0.2, 0) is 4.79 Å². The average molecular weight is 457 g/mol. The fourth-order valence-corrected chi connectivity index (χ4v) is 9.95. The first-order valence-corrected chi connectivity index (χ1v) is 14.8. The van der Waals surface area contributed by atoms with E-state index < -0.39 is 0 Å². The summed E-state index contributed by atoms with van der Waals surface area (Å²) in [5.74, 6) is 4.30. The Balaban J connectivity index is 1.61. The molecule has 3 fully saturated rings. The standard InChI is InChI=1S/C31H52O2/c1-6-10-21(5)11-12-22(7-2)25-13-14-26-29-27(16-18-31(25,26)9-4)30(8-3)17-15-24(32)19-23(30)20-28(29)33/h20-22,24-27,29,32H,6-19H2,1-5H3. The van der Waals surface area contributed by atoms with Crippen LogP contribution in [0.15, 0.2) is 11.6 Å². The zero-order valence-electron chi connectivity index (χ0n) is 22.4. The van der Waals surface area contributed by atoms with Gasteiger partial charge in [-0.1, -0.05) is 65.9 Å². The maximum atomic E-state index is 13.7. The van der Waals surface area contributed by atoms with Crippen molar-refractivity contribution in [2.45, 2.75) is 131 Å². The van der Waals surface area contributed by atoms with E-state index in [-0.39, 0.29) is 17.4 Å². The fraction of sp³-hybridized carbons (Fsp3) is 0.903. The highest BCUT2D eigenvalue weighted by Gasteiger charge is 2.63. The summed E-state index contributed by atoms with van der Waals surface area (Å²) < 4.78 is 0. The van der Waals surface area contributed by atoms with Crippen LogP contribution in [-0.4, -0.2) is 17.0 Å². The Hall–Kier alpha value is -0.630. The van der Waals surface area contributed by atoms with Crippen molar-refractivity contribution >= 4 is 5.78 Å². The number of hydrogen-bond acceptors (Lipinski definition) is 2. The monoisotopic (exact) mass is 456 g/mol. The van der Waals surface area contributed by atoms with Crippen LogP contribution in [0.5, 0.6) is 0 Å². The second kappa shape index (κ2) is 10.2. The van der Waals surface area contributed by atoms with Crippen molar-refractivity contribution in [1.29, 1.82) is 0 Å². The van der Waals surface area contributed by atoms with E-state index in [1.54, 1.807) is 0 Å². The summed E-state index contributed by atoms with van der Waals surface area (Å²) in [6.07, 6.45) is 18.9. The Morgan fingerprint density at radius 2 is 1.76 bits per heavy atom. The summed E-state index contributed by atoms with van der Waals surface area (Å²) in [5.41, 5.74) is 1.89. The van der Waals surface area contributed by atoms with Crippen molar-refractivity contribution < 1.29 is 9.90 Å². The third kappa shape index (κ3) is 4.19. The Morgan fingerprint density at radius 3 is 2.42 bits per heavy atom. The first kappa shape index (κ1) is 25.5. The predicted octanol–water partition coefficient (Wildman–Crippen LogP) is 8.13. The van der Waals surface area contributed by atoms with Crippen LogP contribution in [0.1, 0.15) is 125 Å². The molecule has 0 aromatic heterocycles. The molecule has 0 bridgehead atoms. The Labute approximate surface area is 204 Å². The molecule has 0 amide bonds. The largest absolute Gasteiger partial charge is 0.393 e. The van der Waals surface area contributed by atoms with E-state index in [0.717, 1.165) is 43.4 Å². The molecular formula is C31H52O2. The second-order valence-corrected chi connectivity index (χ2v) is 12.7. The summed E-state index contributed by atoms with van der Waals surface area (Å²) in [4.78, 5) is 13.7. The quantitative estimate of drug-likeness (QED) is 0.380. The van der Waals surface area contributed by atoms with E-state index in [1.165, 1.54) is 69.8 Å². The van der Waals surface area contributed by atoms with Crippen LogP contribution in [0.25, 0.3) is 0 Å². The van der Waals surface area contributed by atoms with Crippen molar-refractivity contribution in [1.82, 2.24) is 0 Å². The summed E-state index contributed by atoms with van der Waals surface area (Å²) >= 11 is 0. The molecule has 33 heavy (non-hydrogen) atoms. The van der Waals surface area contributed by atoms with Gasteiger partial charge in [0.05, 0.1) is 6.10 Å². The maximum absolute atomic E-state index is 13.7. The Bertz CT molecular complexity index is 724. The molecule has 188 valence electrons. The van der Waals surface area contributed by atoms with Crippen molar-refractivity contribution in [2.75, 3.05) is 0 Å². The minimum Gasteiger partial charge on any atom is -0.393 e. The van der Waals surface area contributed by atoms with Gasteiger partial charge in [0.15, 0.2) is 5.78 Å². The van der Waals surface area contributed by atoms with E-state index in [9.17, 15) is 9.90 Å². The summed E-state index contributed by atoms with van der Waals surface area (Å²) in [6, 6.07) is 0. The second-order valence-electron chi connectivity index (χ2n) is 12.7. The molecular weight excluding hydrogens is 404 g/mol. The van der Waals surface area contributed by atoms with Crippen LogP contribution in [0.4, 0.5) is 0 Å². The molecule has 4 rings (SSSR count). The summed E-state index contributed by atoms with van der Waals surface area (Å²) in [6.45, 7) is 12.0. The van der Waals surface area contributed by atoms with Gasteiger partial charge in [-0.25, -0.2) is 0 Å². The Kier molecular flexibility index (Phi) is 7.84. The van der Waals surface area contributed by atoms with Gasteiger partial charge in [-0.05, 0) is 111 Å². The van der Waals surface area contributed by atoms with Gasteiger partial charge in [-0.15, -0.1) is 0 Å². The van der Waals surface area contributed by atoms with Crippen LogP contribution >= 0.6 is 0 Å². The molecule has 9 atom stereocenters. The molecule has 9 unspecified atom stereocenters. The number of ketones is 1. The van der Waals surface area contributed by atoms with Crippen LogP contribution < -0.4 is 0 Å². The van der Waals surface area contributed by atoms with E-state index in [2.05, 4.69) is 40.7 Å². The topological polar surface area (TPSA) is 37.3 Å². The number of carbonyl (C=O) groups excluding carboxylic acids is 1. The molecule has 0 aromatic carbocycles. The lowest BCUT2D eigenvalue weighted by atomic mass is 9.44. The number of rotatable bonds is 9. The first-order chi connectivity index (χ1) is 15.9.